The molecule has 1 fully saturated rings. The van der Waals surface area contributed by atoms with Crippen LogP contribution in [0.1, 0.15) is 43.6 Å². The second-order valence-corrected chi connectivity index (χ2v) is 10.8. The summed E-state index contributed by atoms with van der Waals surface area (Å²) in [6.07, 6.45) is 0.169. The minimum absolute atomic E-state index is 0.0929. The third-order valence-corrected chi connectivity index (χ3v) is 7.79. The van der Waals surface area contributed by atoms with Gasteiger partial charge in [0.2, 0.25) is 17.7 Å². The summed E-state index contributed by atoms with van der Waals surface area (Å²) in [5.41, 5.74) is 0.490. The van der Waals surface area contributed by atoms with Crippen molar-refractivity contribution >= 4 is 50.5 Å². The van der Waals surface area contributed by atoms with Gasteiger partial charge in [-0.15, -0.1) is 0 Å². The highest BCUT2D eigenvalue weighted by Crippen LogP contribution is 2.27. The van der Waals surface area contributed by atoms with Crippen molar-refractivity contribution < 1.29 is 23.1 Å². The number of anilines is 1. The zero-order chi connectivity index (χ0) is 27.2. The number of aromatic nitrogens is 2. The minimum atomic E-state index is -3.70. The quantitative estimate of drug-likeness (QED) is 0.326. The molecule has 5 rings (SSSR count). The molecule has 0 saturated carbocycles. The third-order valence-electron chi connectivity index (χ3n) is 6.39. The molecule has 3 unspecified atom stereocenters. The van der Waals surface area contributed by atoms with E-state index in [0.717, 1.165) is 0 Å². The number of imide groups is 1. The van der Waals surface area contributed by atoms with Crippen LogP contribution in [-0.4, -0.2) is 43.7 Å². The molecule has 0 bridgehead atoms. The average Bonchev–Trinajstić information content (AvgIpc) is 3.09. The van der Waals surface area contributed by atoms with Gasteiger partial charge in [0.05, 0.1) is 28.2 Å². The van der Waals surface area contributed by atoms with Gasteiger partial charge in [-0.05, 0) is 44.5 Å². The summed E-state index contributed by atoms with van der Waals surface area (Å²) in [4.78, 5) is 59.4. The predicted octanol–water partition coefficient (Wildman–Crippen LogP) is 1.35. The fourth-order valence-corrected chi connectivity index (χ4v) is 5.96. The number of amidine groups is 1. The maximum absolute atomic E-state index is 13.5. The molecule has 2 aliphatic rings. The normalized spacial score (nSPS) is 22.6. The molecule has 2 aromatic carbocycles. The van der Waals surface area contributed by atoms with Crippen LogP contribution in [0.5, 0.6) is 0 Å². The van der Waals surface area contributed by atoms with E-state index >= 15 is 0 Å². The van der Waals surface area contributed by atoms with Crippen molar-refractivity contribution in [2.75, 3.05) is 5.32 Å². The third kappa shape index (κ3) is 4.61. The number of nitrogens with one attached hydrogen (secondary N) is 3. The lowest BCUT2D eigenvalue weighted by Crippen LogP contribution is -2.45. The zero-order valence-corrected chi connectivity index (χ0v) is 21.3. The molecule has 2 aliphatic heterocycles. The second-order valence-electron chi connectivity index (χ2n) is 9.18. The molecule has 3 aromatic rings. The van der Waals surface area contributed by atoms with Crippen molar-refractivity contribution in [3.63, 3.8) is 0 Å². The summed E-state index contributed by atoms with van der Waals surface area (Å²) >= 11 is 0. The zero-order valence-electron chi connectivity index (χ0n) is 20.5. The van der Waals surface area contributed by atoms with Gasteiger partial charge in [0.1, 0.15) is 11.9 Å². The first-order valence-electron chi connectivity index (χ1n) is 11.9. The van der Waals surface area contributed by atoms with Gasteiger partial charge in [0, 0.05) is 12.8 Å². The Morgan fingerprint density at radius 3 is 2.76 bits per heavy atom. The van der Waals surface area contributed by atoms with Crippen LogP contribution in [0, 0.1) is 6.92 Å². The largest absolute Gasteiger partial charge is 0.588 e. The van der Waals surface area contributed by atoms with Crippen LogP contribution in [0.25, 0.3) is 10.9 Å². The Morgan fingerprint density at radius 2 is 2.00 bits per heavy atom. The number of hydrogen-bond donors (Lipinski definition) is 3. The second kappa shape index (κ2) is 9.58. The van der Waals surface area contributed by atoms with Gasteiger partial charge in [-0.3, -0.25) is 34.1 Å². The number of fused-ring (bicyclic) bond motifs is 2. The number of hydrogen-bond acceptors (Lipinski definition) is 8. The summed E-state index contributed by atoms with van der Waals surface area (Å²) < 4.78 is 28.3. The maximum atomic E-state index is 13.5. The molecular formula is C25H24N6O6S. The molecule has 12 nitrogen and oxygen atoms in total. The predicted molar refractivity (Wildman–Crippen MR) is 138 cm³/mol. The van der Waals surface area contributed by atoms with Crippen LogP contribution < -0.4 is 20.9 Å². The molecule has 13 heteroatoms. The Balaban J connectivity index is 1.40. The van der Waals surface area contributed by atoms with Gasteiger partial charge in [-0.1, -0.05) is 22.4 Å². The average molecular weight is 537 g/mol. The Morgan fingerprint density at radius 1 is 1.24 bits per heavy atom. The van der Waals surface area contributed by atoms with Crippen LogP contribution in [0.3, 0.4) is 0 Å². The molecule has 0 spiro atoms. The number of aliphatic imine (C=N–C) groups is 1. The van der Waals surface area contributed by atoms with Gasteiger partial charge in [-0.25, -0.2) is 4.98 Å². The molecule has 3 N–H and O–H groups in total. The SMILES string of the molecule is Cc1nc2cccc(NC(=O)CC(C)N=C3N[S+](=O)([O-])c4ccccc43)c2c(=O)n1C1CCC(=O)NC1=O. The Kier molecular flexibility index (Phi) is 6.41. The van der Waals surface area contributed by atoms with Crippen molar-refractivity contribution in [2.45, 2.75) is 50.1 Å². The van der Waals surface area contributed by atoms with E-state index in [0.29, 0.717) is 16.9 Å². The van der Waals surface area contributed by atoms with E-state index in [-0.39, 0.29) is 41.1 Å². The van der Waals surface area contributed by atoms with E-state index in [2.05, 4.69) is 25.3 Å². The first kappa shape index (κ1) is 25.4. The number of carbonyl (C=O) groups is 3. The molecule has 1 aromatic heterocycles. The monoisotopic (exact) mass is 536 g/mol. The van der Waals surface area contributed by atoms with Crippen LogP contribution in [0.15, 0.2) is 57.1 Å². The Bertz CT molecular complexity index is 1650. The number of carbonyl (C=O) groups excluding carboxylic acids is 3. The van der Waals surface area contributed by atoms with Crippen molar-refractivity contribution in [2.24, 2.45) is 4.99 Å². The van der Waals surface area contributed by atoms with Crippen LogP contribution in [-0.2, 0) is 29.0 Å². The van der Waals surface area contributed by atoms with Crippen molar-refractivity contribution in [3.05, 3.63) is 64.2 Å². The lowest BCUT2D eigenvalue weighted by molar-refractivity contribution is -0.135. The molecule has 0 radical (unpaired) electrons. The lowest BCUT2D eigenvalue weighted by atomic mass is 10.1. The molecule has 196 valence electrons. The van der Waals surface area contributed by atoms with Crippen molar-refractivity contribution in [1.82, 2.24) is 19.6 Å². The number of benzene rings is 2. The molecule has 38 heavy (non-hydrogen) atoms. The summed E-state index contributed by atoms with van der Waals surface area (Å²) in [5.74, 6) is -0.950. The van der Waals surface area contributed by atoms with E-state index in [1.807, 2.05) is 0 Å². The number of piperidine rings is 1. The fourth-order valence-electron chi connectivity index (χ4n) is 4.72. The summed E-state index contributed by atoms with van der Waals surface area (Å²) in [6, 6.07) is 9.79. The summed E-state index contributed by atoms with van der Waals surface area (Å²) in [5, 5.41) is 5.11. The summed E-state index contributed by atoms with van der Waals surface area (Å²) in [6.45, 7) is 3.28. The van der Waals surface area contributed by atoms with Crippen molar-refractivity contribution in [1.29, 1.82) is 0 Å². The first-order valence-corrected chi connectivity index (χ1v) is 13.4. The van der Waals surface area contributed by atoms with Gasteiger partial charge in [0.15, 0.2) is 21.1 Å². The topological polar surface area (TPSA) is 175 Å². The number of nitrogens with zero attached hydrogens (tertiary/aromatic N) is 3. The number of rotatable bonds is 5. The van der Waals surface area contributed by atoms with Gasteiger partial charge >= 0.3 is 0 Å². The van der Waals surface area contributed by atoms with Gasteiger partial charge in [0.25, 0.3) is 5.56 Å². The van der Waals surface area contributed by atoms with E-state index in [9.17, 15) is 27.9 Å². The fraction of sp³-hybridized carbons (Fsp3) is 0.280. The minimum Gasteiger partial charge on any atom is -0.588 e. The highest BCUT2D eigenvalue weighted by atomic mass is 32.3. The number of aryl methyl sites for hydroxylation is 1. The van der Waals surface area contributed by atoms with E-state index < -0.39 is 45.8 Å². The first-order chi connectivity index (χ1) is 18.0. The molecular weight excluding hydrogens is 512 g/mol. The highest BCUT2D eigenvalue weighted by molar-refractivity contribution is 7.97. The maximum Gasteiger partial charge on any atom is 0.264 e. The smallest absolute Gasteiger partial charge is 0.264 e. The molecule has 3 amide bonds. The highest BCUT2D eigenvalue weighted by Gasteiger charge is 2.36. The number of amides is 3. The van der Waals surface area contributed by atoms with Gasteiger partial charge in [-0.2, -0.15) is 4.72 Å². The molecule has 3 atom stereocenters. The van der Waals surface area contributed by atoms with E-state index in [1.54, 1.807) is 50.2 Å². The van der Waals surface area contributed by atoms with Crippen LogP contribution in [0.2, 0.25) is 0 Å². The molecule has 3 heterocycles. The number of sulfonamides is 1. The standard InChI is InChI=1S/C25H24N6O6S/c1-13(26-23-15-6-3-4-9-19(15)38(36,37)30-23)12-21(33)28-17-8-5-7-16-22(17)25(35)31(14(2)27-16)18-10-11-20(32)29-24(18)34/h3-9,13,18H,10-12H2,1-2H3,(H3-,26,28,29,30,32,33,34,35,36,37). The van der Waals surface area contributed by atoms with E-state index in [4.69, 9.17) is 0 Å². The van der Waals surface area contributed by atoms with E-state index in [1.165, 1.54) is 10.6 Å². The Hall–Kier alpha value is -4.23. The van der Waals surface area contributed by atoms with Crippen LogP contribution >= 0.6 is 0 Å². The van der Waals surface area contributed by atoms with Crippen molar-refractivity contribution in [3.8, 4) is 0 Å². The summed E-state index contributed by atoms with van der Waals surface area (Å²) in [7, 11) is -3.70. The molecule has 0 aliphatic carbocycles. The molecule has 1 saturated heterocycles. The Labute approximate surface area is 217 Å². The lowest BCUT2D eigenvalue weighted by Gasteiger charge is -2.24. The van der Waals surface area contributed by atoms with Gasteiger partial charge < -0.3 is 9.87 Å². The van der Waals surface area contributed by atoms with Crippen LogP contribution in [0.4, 0.5) is 5.69 Å².